The van der Waals surface area contributed by atoms with Crippen LogP contribution in [-0.2, 0) is 4.79 Å². The molecule has 70 valence electrons. The Labute approximate surface area is 76.5 Å². The van der Waals surface area contributed by atoms with Crippen molar-refractivity contribution < 1.29 is 9.90 Å². The van der Waals surface area contributed by atoms with E-state index >= 15 is 0 Å². The van der Waals surface area contributed by atoms with Crippen LogP contribution >= 0.6 is 0 Å². The molecule has 0 aliphatic carbocycles. The molecule has 0 fully saturated rings. The molecule has 4 nitrogen and oxygen atoms in total. The molecule has 0 radical (unpaired) electrons. The summed E-state index contributed by atoms with van der Waals surface area (Å²) >= 11 is 0. The van der Waals surface area contributed by atoms with Gasteiger partial charge in [0.05, 0.1) is 0 Å². The number of aliphatic carboxylic acids is 1. The highest BCUT2D eigenvalue weighted by Crippen LogP contribution is 2.08. The second-order valence-corrected chi connectivity index (χ2v) is 2.96. The normalized spacial score (nSPS) is 11.3. The first-order valence-electron chi connectivity index (χ1n) is 4.05. The number of nitrogens with zero attached hydrogens (tertiary/aromatic N) is 2. The van der Waals surface area contributed by atoms with Crippen molar-refractivity contribution in [2.75, 3.05) is 0 Å². The zero-order valence-electron chi connectivity index (χ0n) is 7.64. The van der Waals surface area contributed by atoms with E-state index in [2.05, 4.69) is 4.98 Å². The van der Waals surface area contributed by atoms with Crippen LogP contribution in [0.3, 0.4) is 0 Å². The topological polar surface area (TPSA) is 55.1 Å². The molecule has 1 N–H and O–H groups in total. The molecule has 0 aromatic carbocycles. The van der Waals surface area contributed by atoms with E-state index in [0.717, 1.165) is 6.08 Å². The first-order chi connectivity index (χ1) is 6.11. The summed E-state index contributed by atoms with van der Waals surface area (Å²) in [6.45, 7) is 4.03. The second kappa shape index (κ2) is 3.89. The summed E-state index contributed by atoms with van der Waals surface area (Å²) in [7, 11) is 0. The van der Waals surface area contributed by atoms with Crippen LogP contribution in [0.25, 0.3) is 6.08 Å². The Morgan fingerprint density at radius 1 is 1.69 bits per heavy atom. The van der Waals surface area contributed by atoms with E-state index in [1.54, 1.807) is 6.20 Å². The van der Waals surface area contributed by atoms with Gasteiger partial charge in [-0.2, -0.15) is 0 Å². The average Bonchev–Trinajstić information content (AvgIpc) is 2.47. The minimum absolute atomic E-state index is 0.288. The van der Waals surface area contributed by atoms with Crippen molar-refractivity contribution in [3.8, 4) is 0 Å². The third-order valence-corrected chi connectivity index (χ3v) is 1.63. The first-order valence-corrected chi connectivity index (χ1v) is 4.05. The highest BCUT2D eigenvalue weighted by molar-refractivity contribution is 5.84. The van der Waals surface area contributed by atoms with Crippen LogP contribution in [0.15, 0.2) is 18.5 Å². The summed E-state index contributed by atoms with van der Waals surface area (Å²) in [4.78, 5) is 14.3. The predicted molar refractivity (Wildman–Crippen MR) is 49.3 cm³/mol. The molecule has 0 saturated carbocycles. The first kappa shape index (κ1) is 9.51. The molecule has 0 amide bonds. The van der Waals surface area contributed by atoms with E-state index in [4.69, 9.17) is 5.11 Å². The molecular weight excluding hydrogens is 168 g/mol. The van der Waals surface area contributed by atoms with Crippen molar-refractivity contribution in [3.63, 3.8) is 0 Å². The van der Waals surface area contributed by atoms with Crippen molar-refractivity contribution in [3.05, 3.63) is 24.3 Å². The summed E-state index contributed by atoms with van der Waals surface area (Å²) in [6.07, 6.45) is 6.05. The smallest absolute Gasteiger partial charge is 0.328 e. The highest BCUT2D eigenvalue weighted by atomic mass is 16.4. The van der Waals surface area contributed by atoms with Crippen molar-refractivity contribution in [1.82, 2.24) is 9.55 Å². The van der Waals surface area contributed by atoms with Crippen molar-refractivity contribution in [1.29, 1.82) is 0 Å². The Morgan fingerprint density at radius 3 is 2.92 bits per heavy atom. The molecule has 0 saturated heterocycles. The summed E-state index contributed by atoms with van der Waals surface area (Å²) < 4.78 is 1.90. The van der Waals surface area contributed by atoms with Crippen molar-refractivity contribution >= 4 is 12.0 Å². The number of imidazole rings is 1. The molecule has 4 heteroatoms. The maximum Gasteiger partial charge on any atom is 0.328 e. The van der Waals surface area contributed by atoms with Crippen LogP contribution in [-0.4, -0.2) is 20.6 Å². The number of carbonyl (C=O) groups is 1. The van der Waals surface area contributed by atoms with Gasteiger partial charge in [-0.1, -0.05) is 0 Å². The molecule has 0 spiro atoms. The molecule has 1 heterocycles. The summed E-state index contributed by atoms with van der Waals surface area (Å²) in [5.74, 6) is -0.296. The summed E-state index contributed by atoms with van der Waals surface area (Å²) in [5.41, 5.74) is 0. The Hall–Kier alpha value is -1.58. The van der Waals surface area contributed by atoms with Gasteiger partial charge >= 0.3 is 5.97 Å². The van der Waals surface area contributed by atoms with Gasteiger partial charge in [0, 0.05) is 24.5 Å². The van der Waals surface area contributed by atoms with Crippen molar-refractivity contribution in [2.24, 2.45) is 0 Å². The molecule has 0 aliphatic heterocycles. The fourth-order valence-electron chi connectivity index (χ4n) is 1.04. The molecule has 1 rings (SSSR count). The Balaban J connectivity index is 2.88. The van der Waals surface area contributed by atoms with Crippen LogP contribution in [0, 0.1) is 0 Å². The SMILES string of the molecule is CC(C)n1ccnc1/C=C/C(=O)O. The van der Waals surface area contributed by atoms with Gasteiger partial charge in [-0.25, -0.2) is 9.78 Å². The largest absolute Gasteiger partial charge is 0.478 e. The molecule has 0 bridgehead atoms. The highest BCUT2D eigenvalue weighted by Gasteiger charge is 2.02. The molecule has 1 aromatic heterocycles. The fraction of sp³-hybridized carbons (Fsp3) is 0.333. The number of aromatic nitrogens is 2. The quantitative estimate of drug-likeness (QED) is 0.718. The lowest BCUT2D eigenvalue weighted by Crippen LogP contribution is -2.01. The van der Waals surface area contributed by atoms with Crippen LogP contribution in [0.5, 0.6) is 0 Å². The summed E-state index contributed by atoms with van der Waals surface area (Å²) in [6, 6.07) is 0.288. The zero-order chi connectivity index (χ0) is 9.84. The standard InChI is InChI=1S/C9H12N2O2/c1-7(2)11-6-5-10-8(11)3-4-9(12)13/h3-7H,1-2H3,(H,12,13)/b4-3+. The molecule has 0 aliphatic rings. The van der Waals surface area contributed by atoms with E-state index in [1.165, 1.54) is 6.08 Å². The molecule has 1 aromatic rings. The minimum Gasteiger partial charge on any atom is -0.478 e. The number of hydrogen-bond acceptors (Lipinski definition) is 2. The number of carboxylic acid groups (broad SMARTS) is 1. The predicted octanol–water partition coefficient (Wildman–Crippen LogP) is 1.56. The molecule has 13 heavy (non-hydrogen) atoms. The number of rotatable bonds is 3. The van der Waals surface area contributed by atoms with E-state index in [-0.39, 0.29) is 6.04 Å². The maximum absolute atomic E-state index is 10.3. The van der Waals surface area contributed by atoms with E-state index in [0.29, 0.717) is 5.82 Å². The van der Waals surface area contributed by atoms with Crippen molar-refractivity contribution in [2.45, 2.75) is 19.9 Å². The number of carboxylic acids is 1. The van der Waals surface area contributed by atoms with Gasteiger partial charge in [-0.3, -0.25) is 0 Å². The summed E-state index contributed by atoms with van der Waals surface area (Å²) in [5, 5.41) is 8.42. The van der Waals surface area contributed by atoms with Crippen LogP contribution in [0.4, 0.5) is 0 Å². The average molecular weight is 180 g/mol. The van der Waals surface area contributed by atoms with Gasteiger partial charge in [-0.05, 0) is 19.9 Å². The Kier molecular flexibility index (Phi) is 2.84. The van der Waals surface area contributed by atoms with Gasteiger partial charge < -0.3 is 9.67 Å². The number of hydrogen-bond donors (Lipinski definition) is 1. The molecule has 0 unspecified atom stereocenters. The van der Waals surface area contributed by atoms with Crippen LogP contribution < -0.4 is 0 Å². The van der Waals surface area contributed by atoms with Crippen LogP contribution in [0.2, 0.25) is 0 Å². The van der Waals surface area contributed by atoms with Gasteiger partial charge in [0.2, 0.25) is 0 Å². The lowest BCUT2D eigenvalue weighted by atomic mass is 10.3. The van der Waals surface area contributed by atoms with Gasteiger partial charge in [-0.15, -0.1) is 0 Å². The second-order valence-electron chi connectivity index (χ2n) is 2.96. The fourth-order valence-corrected chi connectivity index (χ4v) is 1.04. The molecule has 0 atom stereocenters. The van der Waals surface area contributed by atoms with E-state index in [9.17, 15) is 4.79 Å². The third-order valence-electron chi connectivity index (χ3n) is 1.63. The van der Waals surface area contributed by atoms with Crippen LogP contribution in [0.1, 0.15) is 25.7 Å². The monoisotopic (exact) mass is 180 g/mol. The van der Waals surface area contributed by atoms with Gasteiger partial charge in [0.15, 0.2) is 0 Å². The van der Waals surface area contributed by atoms with E-state index < -0.39 is 5.97 Å². The Morgan fingerprint density at radius 2 is 2.38 bits per heavy atom. The maximum atomic E-state index is 10.3. The zero-order valence-corrected chi connectivity index (χ0v) is 7.64. The lowest BCUT2D eigenvalue weighted by molar-refractivity contribution is -0.131. The van der Waals surface area contributed by atoms with E-state index in [1.807, 2.05) is 24.6 Å². The third kappa shape index (κ3) is 2.43. The Bertz CT molecular complexity index is 326. The van der Waals surface area contributed by atoms with Gasteiger partial charge in [0.1, 0.15) is 5.82 Å². The van der Waals surface area contributed by atoms with Gasteiger partial charge in [0.25, 0.3) is 0 Å². The lowest BCUT2D eigenvalue weighted by Gasteiger charge is -2.07. The molecular formula is C9H12N2O2. The minimum atomic E-state index is -0.960.